The van der Waals surface area contributed by atoms with Crippen LogP contribution in [0.1, 0.15) is 48.3 Å². The number of carbonyl (C=O) groups excluding carboxylic acids is 1. The van der Waals surface area contributed by atoms with E-state index in [2.05, 4.69) is 14.9 Å². The first-order valence-electron chi connectivity index (χ1n) is 9.73. The molecule has 0 radical (unpaired) electrons. The maximum absolute atomic E-state index is 13.0. The minimum absolute atomic E-state index is 0.0459. The molecule has 2 saturated heterocycles. The van der Waals surface area contributed by atoms with Crippen LogP contribution in [0.15, 0.2) is 18.2 Å². The van der Waals surface area contributed by atoms with Gasteiger partial charge in [-0.15, -0.1) is 0 Å². The van der Waals surface area contributed by atoms with Crippen LogP contribution in [-0.2, 0) is 0 Å². The van der Waals surface area contributed by atoms with Crippen LogP contribution in [0.2, 0.25) is 0 Å². The highest BCUT2D eigenvalue weighted by atomic mass is 16.3. The van der Waals surface area contributed by atoms with Crippen LogP contribution >= 0.6 is 0 Å². The third kappa shape index (κ3) is 3.62. The molecule has 1 aromatic carbocycles. The number of nitrogens with one attached hydrogen (secondary N) is 1. The van der Waals surface area contributed by atoms with Crippen molar-refractivity contribution < 1.29 is 9.90 Å². The Balaban J connectivity index is 1.44. The molecule has 140 valence electrons. The van der Waals surface area contributed by atoms with Crippen molar-refractivity contribution in [1.82, 2.24) is 19.8 Å². The summed E-state index contributed by atoms with van der Waals surface area (Å²) >= 11 is 0. The van der Waals surface area contributed by atoms with Gasteiger partial charge < -0.3 is 19.9 Å². The van der Waals surface area contributed by atoms with Crippen LogP contribution in [0.3, 0.4) is 0 Å². The lowest BCUT2D eigenvalue weighted by Gasteiger charge is -2.31. The van der Waals surface area contributed by atoms with Gasteiger partial charge in [-0.2, -0.15) is 0 Å². The number of aromatic amines is 1. The molecule has 0 bridgehead atoms. The molecule has 2 aliphatic rings. The number of nitrogens with zero attached hydrogens (tertiary/aromatic N) is 3. The zero-order valence-electron chi connectivity index (χ0n) is 15.5. The highest BCUT2D eigenvalue weighted by Gasteiger charge is 2.34. The molecule has 2 N–H and O–H groups in total. The summed E-state index contributed by atoms with van der Waals surface area (Å²) in [6.45, 7) is 6.17. The van der Waals surface area contributed by atoms with Gasteiger partial charge in [-0.3, -0.25) is 4.79 Å². The number of β-amino-alcohol motifs (C(OH)–C–C–N with tert-alkyl or cyclic N) is 1. The fourth-order valence-corrected chi connectivity index (χ4v) is 4.35. The monoisotopic (exact) mass is 356 g/mol. The second kappa shape index (κ2) is 7.00. The van der Waals surface area contributed by atoms with Crippen molar-refractivity contribution in [2.24, 2.45) is 0 Å². The molecule has 26 heavy (non-hydrogen) atoms. The zero-order valence-corrected chi connectivity index (χ0v) is 15.5. The third-order valence-corrected chi connectivity index (χ3v) is 5.77. The molecular weight excluding hydrogens is 328 g/mol. The zero-order chi connectivity index (χ0) is 18.1. The second-order valence-corrected chi connectivity index (χ2v) is 7.91. The maximum atomic E-state index is 13.0. The lowest BCUT2D eigenvalue weighted by molar-refractivity contribution is -0.00290. The number of likely N-dealkylation sites (tertiary alicyclic amines) is 2. The van der Waals surface area contributed by atoms with Gasteiger partial charge in [-0.25, -0.2) is 4.98 Å². The number of fused-ring (bicyclic) bond motifs is 1. The number of hydrogen-bond donors (Lipinski definition) is 2. The average molecular weight is 356 g/mol. The Hall–Kier alpha value is -1.92. The minimum Gasteiger partial charge on any atom is -0.388 e. The number of aryl methyl sites for hydroxylation is 1. The number of H-pyrrole nitrogens is 1. The van der Waals surface area contributed by atoms with Gasteiger partial charge in [0, 0.05) is 25.2 Å². The van der Waals surface area contributed by atoms with Gasteiger partial charge in [0.25, 0.3) is 5.91 Å². The largest absolute Gasteiger partial charge is 0.388 e. The van der Waals surface area contributed by atoms with E-state index in [4.69, 9.17) is 0 Å². The van der Waals surface area contributed by atoms with E-state index in [0.717, 1.165) is 49.3 Å². The van der Waals surface area contributed by atoms with Gasteiger partial charge in [0.1, 0.15) is 5.82 Å². The quantitative estimate of drug-likeness (QED) is 0.885. The summed E-state index contributed by atoms with van der Waals surface area (Å²) < 4.78 is 0. The number of rotatable bonds is 3. The Morgan fingerprint density at radius 3 is 2.81 bits per heavy atom. The predicted octanol–water partition coefficient (Wildman–Crippen LogP) is 2.32. The van der Waals surface area contributed by atoms with E-state index < -0.39 is 5.60 Å². The highest BCUT2D eigenvalue weighted by molar-refractivity contribution is 5.97. The predicted molar refractivity (Wildman–Crippen MR) is 101 cm³/mol. The van der Waals surface area contributed by atoms with E-state index in [1.54, 1.807) is 0 Å². The van der Waals surface area contributed by atoms with Gasteiger partial charge in [0.15, 0.2) is 0 Å². The molecule has 6 nitrogen and oxygen atoms in total. The summed E-state index contributed by atoms with van der Waals surface area (Å²) in [6, 6.07) is 5.64. The lowest BCUT2D eigenvalue weighted by atomic mass is 9.94. The Kier molecular flexibility index (Phi) is 4.71. The summed E-state index contributed by atoms with van der Waals surface area (Å²) in [5.41, 5.74) is 1.80. The van der Waals surface area contributed by atoms with E-state index in [-0.39, 0.29) is 5.91 Å². The topological polar surface area (TPSA) is 72.5 Å². The molecule has 3 heterocycles. The first-order valence-corrected chi connectivity index (χ1v) is 9.73. The number of amides is 1. The molecule has 2 aliphatic heterocycles. The standard InChI is InChI=1S/C20H28N4O2/c1-15-21-17-6-5-16(13-18(17)22-15)19(25)24-11-4-7-20(26,8-12-24)14-23-9-2-3-10-23/h5-6,13,26H,2-4,7-12,14H2,1H3,(H,21,22)/t20-/m1/s1. The van der Waals surface area contributed by atoms with Crippen LogP contribution in [0, 0.1) is 6.92 Å². The normalized spacial score (nSPS) is 24.9. The number of aromatic nitrogens is 2. The fraction of sp³-hybridized carbons (Fsp3) is 0.600. The Labute approximate surface area is 154 Å². The minimum atomic E-state index is -0.663. The summed E-state index contributed by atoms with van der Waals surface area (Å²) in [5, 5.41) is 11.0. The van der Waals surface area contributed by atoms with Crippen molar-refractivity contribution >= 4 is 16.9 Å². The average Bonchev–Trinajstić information content (AvgIpc) is 3.19. The van der Waals surface area contributed by atoms with Crippen LogP contribution in [0.5, 0.6) is 0 Å². The number of carbonyl (C=O) groups is 1. The molecule has 1 aromatic heterocycles. The smallest absolute Gasteiger partial charge is 0.253 e. The SMILES string of the molecule is Cc1nc2ccc(C(=O)N3CCC[C@](O)(CN4CCCC4)CC3)cc2[nH]1. The van der Waals surface area contributed by atoms with Crippen molar-refractivity contribution in [1.29, 1.82) is 0 Å². The summed E-state index contributed by atoms with van der Waals surface area (Å²) in [4.78, 5) is 24.8. The van der Waals surface area contributed by atoms with Crippen molar-refractivity contribution in [3.05, 3.63) is 29.6 Å². The number of benzene rings is 1. The maximum Gasteiger partial charge on any atom is 0.253 e. The third-order valence-electron chi connectivity index (χ3n) is 5.77. The van der Waals surface area contributed by atoms with Crippen LogP contribution < -0.4 is 0 Å². The van der Waals surface area contributed by atoms with Crippen LogP contribution in [-0.4, -0.2) is 69.1 Å². The van der Waals surface area contributed by atoms with E-state index in [1.165, 1.54) is 12.8 Å². The first-order chi connectivity index (χ1) is 12.5. The number of imidazole rings is 1. The molecule has 2 aromatic rings. The molecule has 4 rings (SSSR count). The van der Waals surface area contributed by atoms with Gasteiger partial charge in [-0.1, -0.05) is 0 Å². The highest BCUT2D eigenvalue weighted by Crippen LogP contribution is 2.26. The van der Waals surface area contributed by atoms with E-state index in [9.17, 15) is 9.90 Å². The van der Waals surface area contributed by atoms with Gasteiger partial charge in [-0.05, 0) is 70.3 Å². The lowest BCUT2D eigenvalue weighted by Crippen LogP contribution is -2.43. The van der Waals surface area contributed by atoms with Crippen molar-refractivity contribution in [2.75, 3.05) is 32.7 Å². The van der Waals surface area contributed by atoms with Gasteiger partial charge in [0.2, 0.25) is 0 Å². The molecule has 0 aliphatic carbocycles. The molecule has 0 unspecified atom stereocenters. The molecule has 2 fully saturated rings. The molecule has 0 saturated carbocycles. The Bertz CT molecular complexity index is 796. The van der Waals surface area contributed by atoms with E-state index in [0.29, 0.717) is 25.1 Å². The van der Waals surface area contributed by atoms with E-state index in [1.807, 2.05) is 30.0 Å². The van der Waals surface area contributed by atoms with Gasteiger partial charge in [0.05, 0.1) is 16.6 Å². The molecule has 0 spiro atoms. The second-order valence-electron chi connectivity index (χ2n) is 7.91. The molecule has 1 amide bonds. The Morgan fingerprint density at radius 1 is 1.19 bits per heavy atom. The molecular formula is C20H28N4O2. The van der Waals surface area contributed by atoms with E-state index >= 15 is 0 Å². The Morgan fingerprint density at radius 2 is 2.00 bits per heavy atom. The van der Waals surface area contributed by atoms with Crippen LogP contribution in [0.25, 0.3) is 11.0 Å². The summed E-state index contributed by atoms with van der Waals surface area (Å²) in [5.74, 6) is 0.899. The fourth-order valence-electron chi connectivity index (χ4n) is 4.35. The van der Waals surface area contributed by atoms with Crippen molar-refractivity contribution in [2.45, 2.75) is 44.6 Å². The van der Waals surface area contributed by atoms with Crippen molar-refractivity contribution in [3.8, 4) is 0 Å². The first kappa shape index (κ1) is 17.5. The number of hydrogen-bond acceptors (Lipinski definition) is 4. The molecule has 1 atom stereocenters. The van der Waals surface area contributed by atoms with Gasteiger partial charge >= 0.3 is 0 Å². The van der Waals surface area contributed by atoms with Crippen LogP contribution in [0.4, 0.5) is 0 Å². The summed E-state index contributed by atoms with van der Waals surface area (Å²) in [7, 11) is 0. The van der Waals surface area contributed by atoms with Crippen molar-refractivity contribution in [3.63, 3.8) is 0 Å². The number of aliphatic hydroxyl groups is 1. The summed E-state index contributed by atoms with van der Waals surface area (Å²) in [6.07, 6.45) is 4.74. The molecule has 6 heteroatoms.